The maximum atomic E-state index is 12.8. The van der Waals surface area contributed by atoms with Gasteiger partial charge in [0, 0.05) is 12.4 Å². The maximum Gasteiger partial charge on any atom is 0.273 e. The van der Waals surface area contributed by atoms with Crippen LogP contribution in [0.3, 0.4) is 0 Å². The molecule has 8 heteroatoms. The predicted molar refractivity (Wildman–Crippen MR) is 63.7 cm³/mol. The quantitative estimate of drug-likeness (QED) is 0.743. The molecule has 1 aromatic rings. The molecule has 1 heterocycles. The van der Waals surface area contributed by atoms with Crippen molar-refractivity contribution >= 4 is 10.0 Å². The van der Waals surface area contributed by atoms with Crippen molar-refractivity contribution < 1.29 is 17.2 Å². The fraction of sp³-hybridized carbons (Fsp3) is 0.500. The summed E-state index contributed by atoms with van der Waals surface area (Å²) in [6, 6.07) is 3.34. The van der Waals surface area contributed by atoms with Gasteiger partial charge in [0.2, 0.25) is 10.0 Å². The number of halogens is 2. The van der Waals surface area contributed by atoms with Crippen molar-refractivity contribution in [2.75, 3.05) is 18.8 Å². The monoisotopic (exact) mass is 279 g/mol. The van der Waals surface area contributed by atoms with Gasteiger partial charge in [0.05, 0.1) is 18.8 Å². The molecule has 0 aliphatic carbocycles. The van der Waals surface area contributed by atoms with E-state index in [4.69, 9.17) is 5.73 Å². The zero-order valence-corrected chi connectivity index (χ0v) is 10.5. The van der Waals surface area contributed by atoms with Crippen LogP contribution in [0.15, 0.2) is 24.5 Å². The minimum atomic E-state index is -3.73. The van der Waals surface area contributed by atoms with E-state index in [-0.39, 0.29) is 12.2 Å². The number of alkyl halides is 2. The smallest absolute Gasteiger partial charge is 0.273 e. The number of rotatable bonds is 7. The average Bonchev–Trinajstić information content (AvgIpc) is 2.36. The third kappa shape index (κ3) is 5.48. The van der Waals surface area contributed by atoms with E-state index in [2.05, 4.69) is 4.98 Å². The molecule has 1 aromatic heterocycles. The molecule has 0 amide bonds. The minimum absolute atomic E-state index is 0.242. The molecule has 0 saturated heterocycles. The molecular formula is C10H15F2N3O2S. The van der Waals surface area contributed by atoms with Gasteiger partial charge in [-0.1, -0.05) is 0 Å². The number of nitrogens with two attached hydrogens (primary N) is 1. The molecule has 0 radical (unpaired) electrons. The number of aryl methyl sites for hydroxylation is 1. The van der Waals surface area contributed by atoms with Gasteiger partial charge in [-0.15, -0.1) is 0 Å². The number of nitrogens with zero attached hydrogens (tertiary/aromatic N) is 1. The van der Waals surface area contributed by atoms with Crippen LogP contribution in [0, 0.1) is 0 Å². The summed E-state index contributed by atoms with van der Waals surface area (Å²) in [5.74, 6) is -3.47. The van der Waals surface area contributed by atoms with E-state index in [9.17, 15) is 17.2 Å². The summed E-state index contributed by atoms with van der Waals surface area (Å²) in [5, 5.41) is 0. The second-order valence-electron chi connectivity index (χ2n) is 3.81. The molecule has 0 aliphatic heterocycles. The highest BCUT2D eigenvalue weighted by molar-refractivity contribution is 7.89. The minimum Gasteiger partial charge on any atom is -0.325 e. The first kappa shape index (κ1) is 14.9. The number of hydrogen-bond donors (Lipinski definition) is 2. The molecule has 18 heavy (non-hydrogen) atoms. The summed E-state index contributed by atoms with van der Waals surface area (Å²) in [5.41, 5.74) is 5.59. The molecule has 1 rings (SSSR count). The van der Waals surface area contributed by atoms with Crippen molar-refractivity contribution in [1.29, 1.82) is 0 Å². The molecule has 0 spiro atoms. The topological polar surface area (TPSA) is 85.1 Å². The van der Waals surface area contributed by atoms with E-state index < -0.39 is 29.0 Å². The van der Waals surface area contributed by atoms with Crippen LogP contribution in [-0.4, -0.2) is 38.2 Å². The number of sulfonamides is 1. The zero-order chi connectivity index (χ0) is 13.6. The van der Waals surface area contributed by atoms with Crippen LogP contribution in [0.25, 0.3) is 0 Å². The Bertz CT molecular complexity index is 465. The van der Waals surface area contributed by atoms with E-state index in [0.717, 1.165) is 5.56 Å². The fourth-order valence-corrected chi connectivity index (χ4v) is 2.24. The maximum absolute atomic E-state index is 12.8. The summed E-state index contributed by atoms with van der Waals surface area (Å²) in [6.07, 6.45) is 3.32. The second kappa shape index (κ2) is 6.17. The molecule has 0 saturated carbocycles. The summed E-state index contributed by atoms with van der Waals surface area (Å²) >= 11 is 0. The van der Waals surface area contributed by atoms with Crippen molar-refractivity contribution in [2.45, 2.75) is 12.3 Å². The lowest BCUT2D eigenvalue weighted by molar-refractivity contribution is 0.0170. The molecular weight excluding hydrogens is 264 g/mol. The van der Waals surface area contributed by atoms with Crippen LogP contribution < -0.4 is 10.5 Å². The third-order valence-electron chi connectivity index (χ3n) is 2.26. The van der Waals surface area contributed by atoms with Crippen LogP contribution in [0.1, 0.15) is 5.56 Å². The van der Waals surface area contributed by atoms with E-state index in [1.54, 1.807) is 12.1 Å². The molecule has 3 N–H and O–H groups in total. The predicted octanol–water partition coefficient (Wildman–Crippen LogP) is 0.137. The molecule has 0 atom stereocenters. The molecule has 0 aromatic carbocycles. The summed E-state index contributed by atoms with van der Waals surface area (Å²) in [6.45, 7) is -1.86. The zero-order valence-electron chi connectivity index (χ0n) is 9.64. The van der Waals surface area contributed by atoms with Gasteiger partial charge in [-0.2, -0.15) is 0 Å². The Morgan fingerprint density at radius 3 is 2.50 bits per heavy atom. The Morgan fingerprint density at radius 1 is 1.33 bits per heavy atom. The lowest BCUT2D eigenvalue weighted by Gasteiger charge is -2.14. The second-order valence-corrected chi connectivity index (χ2v) is 5.73. The van der Waals surface area contributed by atoms with E-state index in [0.29, 0.717) is 0 Å². The van der Waals surface area contributed by atoms with Crippen LogP contribution in [0.5, 0.6) is 0 Å². The third-order valence-corrected chi connectivity index (χ3v) is 3.58. The molecule has 5 nitrogen and oxygen atoms in total. The Hall–Kier alpha value is -1.12. The van der Waals surface area contributed by atoms with Crippen molar-refractivity contribution in [3.63, 3.8) is 0 Å². The van der Waals surface area contributed by atoms with Crippen LogP contribution >= 0.6 is 0 Å². The Balaban J connectivity index is 2.46. The first-order valence-corrected chi connectivity index (χ1v) is 6.94. The van der Waals surface area contributed by atoms with Gasteiger partial charge < -0.3 is 5.73 Å². The lowest BCUT2D eigenvalue weighted by Crippen LogP contribution is -2.42. The van der Waals surface area contributed by atoms with Gasteiger partial charge in [-0.25, -0.2) is 21.9 Å². The van der Waals surface area contributed by atoms with Crippen molar-refractivity contribution in [1.82, 2.24) is 9.71 Å². The SMILES string of the molecule is NCC(F)(F)CNS(=O)(=O)CCc1ccncc1. The molecule has 0 fully saturated rings. The van der Waals surface area contributed by atoms with Gasteiger partial charge in [0.1, 0.15) is 0 Å². The van der Waals surface area contributed by atoms with Crippen LogP contribution in [0.2, 0.25) is 0 Å². The van der Waals surface area contributed by atoms with Gasteiger partial charge in [-0.05, 0) is 24.1 Å². The first-order chi connectivity index (χ1) is 8.35. The highest BCUT2D eigenvalue weighted by Crippen LogP contribution is 2.09. The summed E-state index contributed by atoms with van der Waals surface area (Å²) in [7, 11) is -3.73. The Labute approximate surface area is 104 Å². The standard InChI is InChI=1S/C10H15F2N3O2S/c11-10(12,7-13)8-15-18(16,17)6-3-9-1-4-14-5-2-9/h1-2,4-5,15H,3,6-8,13H2. The highest BCUT2D eigenvalue weighted by Gasteiger charge is 2.28. The Morgan fingerprint density at radius 2 is 1.94 bits per heavy atom. The first-order valence-electron chi connectivity index (χ1n) is 5.29. The number of pyridine rings is 1. The largest absolute Gasteiger partial charge is 0.325 e. The van der Waals surface area contributed by atoms with Gasteiger partial charge in [0.15, 0.2) is 0 Å². The van der Waals surface area contributed by atoms with Gasteiger partial charge in [-0.3, -0.25) is 4.98 Å². The van der Waals surface area contributed by atoms with Crippen LogP contribution in [-0.2, 0) is 16.4 Å². The normalized spacial score (nSPS) is 12.6. The van der Waals surface area contributed by atoms with E-state index in [1.807, 2.05) is 4.72 Å². The molecule has 102 valence electrons. The highest BCUT2D eigenvalue weighted by atomic mass is 32.2. The van der Waals surface area contributed by atoms with Crippen molar-refractivity contribution in [3.8, 4) is 0 Å². The lowest BCUT2D eigenvalue weighted by atomic mass is 10.2. The molecule has 0 bridgehead atoms. The number of aromatic nitrogens is 1. The molecule has 0 unspecified atom stereocenters. The molecule has 0 aliphatic rings. The fourth-order valence-electron chi connectivity index (χ4n) is 1.16. The van der Waals surface area contributed by atoms with Gasteiger partial charge in [0.25, 0.3) is 5.92 Å². The Kier molecular flexibility index (Phi) is 5.12. The van der Waals surface area contributed by atoms with Crippen molar-refractivity contribution in [2.24, 2.45) is 5.73 Å². The number of nitrogens with one attached hydrogen (secondary N) is 1. The van der Waals surface area contributed by atoms with E-state index in [1.165, 1.54) is 12.4 Å². The van der Waals surface area contributed by atoms with Gasteiger partial charge >= 0.3 is 0 Å². The van der Waals surface area contributed by atoms with E-state index >= 15 is 0 Å². The summed E-state index contributed by atoms with van der Waals surface area (Å²) < 4.78 is 50.4. The average molecular weight is 279 g/mol. The number of hydrogen-bond acceptors (Lipinski definition) is 4. The summed E-state index contributed by atoms with van der Waals surface area (Å²) in [4.78, 5) is 3.79. The van der Waals surface area contributed by atoms with Crippen LogP contribution in [0.4, 0.5) is 8.78 Å². The van der Waals surface area contributed by atoms with Crippen molar-refractivity contribution in [3.05, 3.63) is 30.1 Å².